The summed E-state index contributed by atoms with van der Waals surface area (Å²) in [6.07, 6.45) is 5.38. The van der Waals surface area contributed by atoms with E-state index in [1.807, 2.05) is 0 Å². The number of nitrogens with two attached hydrogens (primary N) is 1. The fourth-order valence-corrected chi connectivity index (χ4v) is 5.27. The van der Waals surface area contributed by atoms with Gasteiger partial charge >= 0.3 is 0 Å². The molecule has 0 radical (unpaired) electrons. The minimum absolute atomic E-state index is 0.270. The van der Waals surface area contributed by atoms with E-state index in [0.717, 1.165) is 12.6 Å². The molecule has 3 heteroatoms. The van der Waals surface area contributed by atoms with E-state index in [1.165, 1.54) is 43.7 Å². The fourth-order valence-electron chi connectivity index (χ4n) is 3.75. The maximum Gasteiger partial charge on any atom is 0.0430 e. The van der Waals surface area contributed by atoms with Gasteiger partial charge in [-0.3, -0.25) is 4.90 Å². The van der Waals surface area contributed by atoms with E-state index in [1.54, 1.807) is 0 Å². The van der Waals surface area contributed by atoms with Crippen LogP contribution in [0.2, 0.25) is 0 Å². The van der Waals surface area contributed by atoms with Crippen LogP contribution in [0.3, 0.4) is 0 Å². The van der Waals surface area contributed by atoms with E-state index in [0.29, 0.717) is 5.41 Å². The summed E-state index contributed by atoms with van der Waals surface area (Å²) >= 11 is 2.11. The normalized spacial score (nSPS) is 39.2. The van der Waals surface area contributed by atoms with Crippen LogP contribution in [-0.4, -0.2) is 41.1 Å². The van der Waals surface area contributed by atoms with Crippen LogP contribution < -0.4 is 5.73 Å². The quantitative estimate of drug-likeness (QED) is 0.824. The highest BCUT2D eigenvalue weighted by Gasteiger charge is 2.45. The fraction of sp³-hybridized carbons (Fsp3) is 1.00. The van der Waals surface area contributed by atoms with Crippen LogP contribution in [0.25, 0.3) is 0 Å². The summed E-state index contributed by atoms with van der Waals surface area (Å²) in [6, 6.07) is 0.724. The van der Waals surface area contributed by atoms with Gasteiger partial charge in [-0.2, -0.15) is 11.8 Å². The van der Waals surface area contributed by atoms with Gasteiger partial charge in [0.15, 0.2) is 0 Å². The van der Waals surface area contributed by atoms with Crippen LogP contribution in [0.15, 0.2) is 0 Å². The van der Waals surface area contributed by atoms with Crippen molar-refractivity contribution in [2.45, 2.75) is 58.0 Å². The highest BCUT2D eigenvalue weighted by molar-refractivity contribution is 7.99. The van der Waals surface area contributed by atoms with E-state index < -0.39 is 0 Å². The van der Waals surface area contributed by atoms with Crippen molar-refractivity contribution in [3.8, 4) is 0 Å². The molecule has 2 N–H and O–H groups in total. The van der Waals surface area contributed by atoms with Crippen molar-refractivity contribution < 1.29 is 0 Å². The molecule has 0 aromatic heterocycles. The Hall–Kier alpha value is 0.270. The van der Waals surface area contributed by atoms with Crippen molar-refractivity contribution in [2.24, 2.45) is 11.1 Å². The Bertz CT molecular complexity index is 267. The highest BCUT2D eigenvalue weighted by atomic mass is 32.2. The molecule has 0 saturated carbocycles. The maximum atomic E-state index is 6.20. The maximum absolute atomic E-state index is 6.20. The van der Waals surface area contributed by atoms with Gasteiger partial charge in [0.2, 0.25) is 0 Å². The van der Waals surface area contributed by atoms with Crippen molar-refractivity contribution in [2.75, 3.05) is 24.6 Å². The van der Waals surface area contributed by atoms with Crippen molar-refractivity contribution in [3.63, 3.8) is 0 Å². The lowest BCUT2D eigenvalue weighted by Crippen LogP contribution is -2.63. The Kier molecular flexibility index (Phi) is 4.11. The smallest absolute Gasteiger partial charge is 0.0430 e. The number of hydrogen-bond acceptors (Lipinski definition) is 3. The molecule has 0 aromatic rings. The summed E-state index contributed by atoms with van der Waals surface area (Å²) in [6.45, 7) is 9.28. The van der Waals surface area contributed by atoms with Crippen LogP contribution in [0.1, 0.15) is 46.5 Å². The topological polar surface area (TPSA) is 29.3 Å². The molecule has 17 heavy (non-hydrogen) atoms. The molecule has 2 saturated heterocycles. The van der Waals surface area contributed by atoms with Gasteiger partial charge in [0.05, 0.1) is 0 Å². The number of thioether (sulfide) groups is 1. The number of hydrogen-bond donors (Lipinski definition) is 1. The van der Waals surface area contributed by atoms with Crippen LogP contribution in [-0.2, 0) is 0 Å². The molecule has 0 aliphatic carbocycles. The summed E-state index contributed by atoms with van der Waals surface area (Å²) in [7, 11) is 0. The molecule has 2 atom stereocenters. The van der Waals surface area contributed by atoms with Crippen molar-refractivity contribution in [1.29, 1.82) is 0 Å². The standard InChI is InChI=1S/C14H28N2S/c1-12-6-4-5-7-16(12)14(9-15)8-13(2,3)10-17-11-14/h12H,4-11,15H2,1-3H3. The molecule has 2 fully saturated rings. The van der Waals surface area contributed by atoms with Crippen molar-refractivity contribution in [3.05, 3.63) is 0 Å². The summed E-state index contributed by atoms with van der Waals surface area (Å²) in [5.41, 5.74) is 6.91. The predicted octanol–water partition coefficient (Wildman–Crippen LogP) is 2.72. The third-order valence-corrected chi connectivity index (χ3v) is 6.19. The molecule has 2 nitrogen and oxygen atoms in total. The van der Waals surface area contributed by atoms with Gasteiger partial charge in [-0.25, -0.2) is 0 Å². The van der Waals surface area contributed by atoms with Gasteiger partial charge in [-0.15, -0.1) is 0 Å². The molecule has 2 heterocycles. The Morgan fingerprint density at radius 1 is 1.29 bits per heavy atom. The van der Waals surface area contributed by atoms with Gasteiger partial charge in [0.1, 0.15) is 0 Å². The van der Waals surface area contributed by atoms with Gasteiger partial charge in [-0.05, 0) is 43.9 Å². The van der Waals surface area contributed by atoms with E-state index in [-0.39, 0.29) is 5.54 Å². The Morgan fingerprint density at radius 2 is 2.06 bits per heavy atom. The summed E-state index contributed by atoms with van der Waals surface area (Å²) in [5.74, 6) is 2.52. The molecule has 0 amide bonds. The first-order chi connectivity index (χ1) is 7.99. The SMILES string of the molecule is CC1CCCCN1C1(CN)CSCC(C)(C)C1. The summed E-state index contributed by atoms with van der Waals surface area (Å²) in [5, 5.41) is 0. The number of nitrogens with zero attached hydrogens (tertiary/aromatic N) is 1. The molecular weight excluding hydrogens is 228 g/mol. The minimum Gasteiger partial charge on any atom is -0.329 e. The van der Waals surface area contributed by atoms with E-state index in [4.69, 9.17) is 5.73 Å². The highest BCUT2D eigenvalue weighted by Crippen LogP contribution is 2.43. The van der Waals surface area contributed by atoms with Crippen molar-refractivity contribution in [1.82, 2.24) is 4.90 Å². The lowest BCUT2D eigenvalue weighted by Gasteiger charge is -2.54. The largest absolute Gasteiger partial charge is 0.329 e. The lowest BCUT2D eigenvalue weighted by molar-refractivity contribution is 0.0151. The van der Waals surface area contributed by atoms with E-state index in [2.05, 4.69) is 37.4 Å². The number of piperidine rings is 1. The van der Waals surface area contributed by atoms with Crippen LogP contribution >= 0.6 is 11.8 Å². The molecule has 0 aromatic carbocycles. The molecule has 2 rings (SSSR count). The predicted molar refractivity (Wildman–Crippen MR) is 77.5 cm³/mol. The first-order valence-electron chi connectivity index (χ1n) is 7.04. The van der Waals surface area contributed by atoms with E-state index in [9.17, 15) is 0 Å². The lowest BCUT2D eigenvalue weighted by atomic mass is 9.77. The Balaban J connectivity index is 2.17. The zero-order chi connectivity index (χ0) is 12.5. The van der Waals surface area contributed by atoms with Gasteiger partial charge in [0, 0.05) is 23.9 Å². The number of likely N-dealkylation sites (tertiary alicyclic amines) is 1. The zero-order valence-electron chi connectivity index (χ0n) is 11.7. The van der Waals surface area contributed by atoms with Crippen molar-refractivity contribution >= 4 is 11.8 Å². The number of rotatable bonds is 2. The Morgan fingerprint density at radius 3 is 2.65 bits per heavy atom. The van der Waals surface area contributed by atoms with Crippen LogP contribution in [0.4, 0.5) is 0 Å². The first-order valence-corrected chi connectivity index (χ1v) is 8.19. The van der Waals surface area contributed by atoms with E-state index >= 15 is 0 Å². The minimum atomic E-state index is 0.270. The monoisotopic (exact) mass is 256 g/mol. The van der Waals surface area contributed by atoms with Gasteiger partial charge in [-0.1, -0.05) is 20.3 Å². The van der Waals surface area contributed by atoms with Gasteiger partial charge in [0.25, 0.3) is 0 Å². The third kappa shape index (κ3) is 2.82. The Labute approximate surface area is 111 Å². The molecule has 0 bridgehead atoms. The first kappa shape index (κ1) is 13.7. The second-order valence-corrected chi connectivity index (χ2v) is 7.79. The molecular formula is C14H28N2S. The van der Waals surface area contributed by atoms with Gasteiger partial charge < -0.3 is 5.73 Å². The average molecular weight is 256 g/mol. The molecule has 2 aliphatic heterocycles. The average Bonchev–Trinajstić information content (AvgIpc) is 2.28. The molecule has 0 spiro atoms. The van der Waals surface area contributed by atoms with Crippen LogP contribution in [0, 0.1) is 5.41 Å². The summed E-state index contributed by atoms with van der Waals surface area (Å²) < 4.78 is 0. The molecule has 2 aliphatic rings. The second kappa shape index (κ2) is 5.10. The zero-order valence-corrected chi connectivity index (χ0v) is 12.5. The summed E-state index contributed by atoms with van der Waals surface area (Å²) in [4.78, 5) is 2.74. The molecule has 100 valence electrons. The second-order valence-electron chi connectivity index (χ2n) is 6.80. The molecule has 2 unspecified atom stereocenters. The van der Waals surface area contributed by atoms with Crippen LogP contribution in [0.5, 0.6) is 0 Å². The third-order valence-electron chi connectivity index (χ3n) is 4.46.